The van der Waals surface area contributed by atoms with Gasteiger partial charge in [-0.1, -0.05) is 37.5 Å². The van der Waals surface area contributed by atoms with E-state index >= 15 is 0 Å². The van der Waals surface area contributed by atoms with Gasteiger partial charge in [-0.3, -0.25) is 4.79 Å². The van der Waals surface area contributed by atoms with Crippen molar-refractivity contribution in [2.24, 2.45) is 5.92 Å². The molecule has 1 saturated carbocycles. The zero-order chi connectivity index (χ0) is 18.9. The van der Waals surface area contributed by atoms with Crippen molar-refractivity contribution >= 4 is 15.9 Å². The molecule has 1 aromatic rings. The Balaban J connectivity index is 1.59. The van der Waals surface area contributed by atoms with Crippen molar-refractivity contribution in [3.05, 3.63) is 30.3 Å². The molecule has 2 saturated heterocycles. The van der Waals surface area contributed by atoms with Crippen LogP contribution >= 0.6 is 0 Å². The van der Waals surface area contributed by atoms with Gasteiger partial charge in [-0.15, -0.1) is 0 Å². The number of benzene rings is 1. The highest BCUT2D eigenvalue weighted by Gasteiger charge is 2.43. The van der Waals surface area contributed by atoms with E-state index < -0.39 is 16.1 Å². The van der Waals surface area contributed by atoms with Gasteiger partial charge in [-0.2, -0.15) is 4.31 Å². The van der Waals surface area contributed by atoms with E-state index in [0.717, 1.165) is 32.2 Å². The molecule has 4 rings (SSSR count). The number of hydrogen-bond acceptors (Lipinski definition) is 3. The summed E-state index contributed by atoms with van der Waals surface area (Å²) in [5, 5.41) is 0. The summed E-state index contributed by atoms with van der Waals surface area (Å²) in [5.41, 5.74) is 0. The molecule has 3 aliphatic rings. The Labute approximate surface area is 162 Å². The Morgan fingerprint density at radius 1 is 0.852 bits per heavy atom. The topological polar surface area (TPSA) is 57.7 Å². The zero-order valence-electron chi connectivity index (χ0n) is 15.9. The highest BCUT2D eigenvalue weighted by atomic mass is 32.2. The van der Waals surface area contributed by atoms with Crippen molar-refractivity contribution < 1.29 is 13.2 Å². The Morgan fingerprint density at radius 2 is 1.56 bits per heavy atom. The van der Waals surface area contributed by atoms with Gasteiger partial charge in [0, 0.05) is 19.1 Å². The molecule has 3 unspecified atom stereocenters. The molecule has 1 amide bonds. The molecule has 2 heterocycles. The average Bonchev–Trinajstić information content (AvgIpc) is 2.73. The first-order valence-corrected chi connectivity index (χ1v) is 11.9. The minimum Gasteiger partial charge on any atom is -0.338 e. The van der Waals surface area contributed by atoms with Crippen LogP contribution in [0.1, 0.15) is 57.8 Å². The number of sulfonamides is 1. The Kier molecular flexibility index (Phi) is 5.55. The number of carbonyl (C=O) groups is 1. The van der Waals surface area contributed by atoms with Crippen LogP contribution in [0.2, 0.25) is 0 Å². The second-order valence-corrected chi connectivity index (χ2v) is 10.1. The van der Waals surface area contributed by atoms with Crippen molar-refractivity contribution in [1.29, 1.82) is 0 Å². The minimum atomic E-state index is -3.64. The van der Waals surface area contributed by atoms with E-state index in [1.165, 1.54) is 30.0 Å². The summed E-state index contributed by atoms with van der Waals surface area (Å²) in [6.07, 6.45) is 9.37. The number of fused-ring (bicyclic) bond motifs is 1. The number of piperidine rings is 2. The van der Waals surface area contributed by atoms with E-state index in [-0.39, 0.29) is 5.91 Å². The number of amides is 1. The third-order valence-electron chi connectivity index (χ3n) is 6.61. The predicted molar refractivity (Wildman–Crippen MR) is 105 cm³/mol. The third-order valence-corrected chi connectivity index (χ3v) is 8.54. The Hall–Kier alpha value is -1.40. The van der Waals surface area contributed by atoms with Crippen molar-refractivity contribution in [2.45, 2.75) is 74.8 Å². The van der Waals surface area contributed by atoms with Crippen LogP contribution in [0.4, 0.5) is 0 Å². The molecule has 3 fully saturated rings. The van der Waals surface area contributed by atoms with Gasteiger partial charge in [0.15, 0.2) is 0 Å². The molecule has 0 bridgehead atoms. The SMILES string of the molecule is O=C(C1CCCCN1S(=O)(=O)c1ccccc1)N1CCCC2CCCCC21. The van der Waals surface area contributed by atoms with E-state index in [4.69, 9.17) is 0 Å². The molecule has 3 atom stereocenters. The molecule has 0 spiro atoms. The lowest BCUT2D eigenvalue weighted by Gasteiger charge is -2.46. The van der Waals surface area contributed by atoms with E-state index in [9.17, 15) is 13.2 Å². The summed E-state index contributed by atoms with van der Waals surface area (Å²) in [4.78, 5) is 15.9. The molecule has 1 aliphatic carbocycles. The molecule has 0 N–H and O–H groups in total. The largest absolute Gasteiger partial charge is 0.338 e. The molecular formula is C21H30N2O3S. The monoisotopic (exact) mass is 390 g/mol. The lowest BCUT2D eigenvalue weighted by atomic mass is 9.78. The standard InChI is InChI=1S/C21H30N2O3S/c24-21(22-15-8-10-17-9-4-5-13-19(17)22)20-14-6-7-16-23(20)27(25,26)18-11-2-1-3-12-18/h1-3,11-12,17,19-20H,4-10,13-16H2. The van der Waals surface area contributed by atoms with E-state index in [0.29, 0.717) is 29.8 Å². The molecule has 1 aromatic carbocycles. The van der Waals surface area contributed by atoms with Crippen molar-refractivity contribution in [3.63, 3.8) is 0 Å². The number of carbonyl (C=O) groups excluding carboxylic acids is 1. The molecule has 5 nitrogen and oxygen atoms in total. The fourth-order valence-corrected chi connectivity index (χ4v) is 6.93. The number of hydrogen-bond donors (Lipinski definition) is 0. The van der Waals surface area contributed by atoms with Crippen molar-refractivity contribution in [2.75, 3.05) is 13.1 Å². The molecule has 2 aliphatic heterocycles. The maximum absolute atomic E-state index is 13.5. The maximum atomic E-state index is 13.5. The number of likely N-dealkylation sites (tertiary alicyclic amines) is 1. The fraction of sp³-hybridized carbons (Fsp3) is 0.667. The highest BCUT2D eigenvalue weighted by molar-refractivity contribution is 7.89. The predicted octanol–water partition coefficient (Wildman–Crippen LogP) is 3.41. The van der Waals surface area contributed by atoms with E-state index in [1.54, 1.807) is 24.3 Å². The number of rotatable bonds is 3. The third kappa shape index (κ3) is 3.66. The summed E-state index contributed by atoms with van der Waals surface area (Å²) in [6.45, 7) is 1.23. The van der Waals surface area contributed by atoms with Crippen molar-refractivity contribution in [1.82, 2.24) is 9.21 Å². The zero-order valence-corrected chi connectivity index (χ0v) is 16.7. The van der Waals surface area contributed by atoms with Crippen LogP contribution in [0.15, 0.2) is 35.2 Å². The van der Waals surface area contributed by atoms with Crippen LogP contribution in [-0.2, 0) is 14.8 Å². The summed E-state index contributed by atoms with van der Waals surface area (Å²) in [5.74, 6) is 0.657. The summed E-state index contributed by atoms with van der Waals surface area (Å²) >= 11 is 0. The molecule has 0 radical (unpaired) electrons. The lowest BCUT2D eigenvalue weighted by molar-refractivity contribution is -0.142. The lowest BCUT2D eigenvalue weighted by Crippen LogP contribution is -2.58. The molecular weight excluding hydrogens is 360 g/mol. The van der Waals surface area contributed by atoms with Gasteiger partial charge in [-0.05, 0) is 56.6 Å². The summed E-state index contributed by atoms with van der Waals surface area (Å²) in [6, 6.07) is 8.34. The molecule has 27 heavy (non-hydrogen) atoms. The first kappa shape index (κ1) is 18.9. The second kappa shape index (κ2) is 7.92. The quantitative estimate of drug-likeness (QED) is 0.795. The summed E-state index contributed by atoms with van der Waals surface area (Å²) < 4.78 is 27.9. The van der Waals surface area contributed by atoms with Crippen LogP contribution in [0.3, 0.4) is 0 Å². The normalized spacial score (nSPS) is 29.9. The van der Waals surface area contributed by atoms with Crippen LogP contribution < -0.4 is 0 Å². The van der Waals surface area contributed by atoms with Gasteiger partial charge in [-0.25, -0.2) is 8.42 Å². The van der Waals surface area contributed by atoms with Gasteiger partial charge in [0.1, 0.15) is 6.04 Å². The van der Waals surface area contributed by atoms with Gasteiger partial charge >= 0.3 is 0 Å². The smallest absolute Gasteiger partial charge is 0.243 e. The average molecular weight is 391 g/mol. The molecule has 148 valence electrons. The van der Waals surface area contributed by atoms with Gasteiger partial charge in [0.25, 0.3) is 0 Å². The maximum Gasteiger partial charge on any atom is 0.243 e. The molecule has 6 heteroatoms. The van der Waals surface area contributed by atoms with E-state index in [1.807, 2.05) is 6.07 Å². The number of nitrogens with zero attached hydrogens (tertiary/aromatic N) is 2. The molecule has 0 aromatic heterocycles. The van der Waals surface area contributed by atoms with Crippen LogP contribution in [0.25, 0.3) is 0 Å². The Bertz CT molecular complexity index is 763. The first-order valence-electron chi connectivity index (χ1n) is 10.5. The summed E-state index contributed by atoms with van der Waals surface area (Å²) in [7, 11) is -3.64. The highest BCUT2D eigenvalue weighted by Crippen LogP contribution is 2.37. The van der Waals surface area contributed by atoms with Crippen LogP contribution in [-0.4, -0.2) is 48.7 Å². The van der Waals surface area contributed by atoms with Gasteiger partial charge in [0.05, 0.1) is 4.90 Å². The van der Waals surface area contributed by atoms with Gasteiger partial charge in [0.2, 0.25) is 15.9 Å². The van der Waals surface area contributed by atoms with Crippen LogP contribution in [0, 0.1) is 5.92 Å². The first-order chi connectivity index (χ1) is 13.1. The minimum absolute atomic E-state index is 0.0470. The Morgan fingerprint density at radius 3 is 2.37 bits per heavy atom. The van der Waals surface area contributed by atoms with Gasteiger partial charge < -0.3 is 4.90 Å². The van der Waals surface area contributed by atoms with Crippen molar-refractivity contribution in [3.8, 4) is 0 Å². The van der Waals surface area contributed by atoms with E-state index in [2.05, 4.69) is 4.90 Å². The second-order valence-electron chi connectivity index (χ2n) is 8.23. The fourth-order valence-electron chi connectivity index (χ4n) is 5.26. The van der Waals surface area contributed by atoms with Crippen LogP contribution in [0.5, 0.6) is 0 Å².